The molecule has 0 fully saturated rings. The lowest BCUT2D eigenvalue weighted by Crippen LogP contribution is -2.18. The maximum atomic E-state index is 13.2. The first-order chi connectivity index (χ1) is 12.1. The van der Waals surface area contributed by atoms with E-state index in [-0.39, 0.29) is 10.6 Å². The molecule has 5 nitrogen and oxygen atoms in total. The molecule has 0 saturated heterocycles. The van der Waals surface area contributed by atoms with E-state index >= 15 is 0 Å². The van der Waals surface area contributed by atoms with E-state index in [1.54, 1.807) is 48.7 Å². The van der Waals surface area contributed by atoms with Gasteiger partial charge in [0.15, 0.2) is 5.65 Å². The Hall–Kier alpha value is -2.48. The highest BCUT2D eigenvalue weighted by Gasteiger charge is 2.28. The molecule has 0 saturated carbocycles. The van der Waals surface area contributed by atoms with Gasteiger partial charge in [-0.05, 0) is 41.8 Å². The van der Waals surface area contributed by atoms with E-state index in [4.69, 9.17) is 0 Å². The van der Waals surface area contributed by atoms with Gasteiger partial charge in [-0.1, -0.05) is 24.3 Å². The molecule has 4 rings (SSSR count). The summed E-state index contributed by atoms with van der Waals surface area (Å²) in [4.78, 5) is 5.06. The highest BCUT2D eigenvalue weighted by Crippen LogP contribution is 2.32. The summed E-state index contributed by atoms with van der Waals surface area (Å²) < 4.78 is 27.6. The van der Waals surface area contributed by atoms with Crippen molar-refractivity contribution in [2.24, 2.45) is 0 Å². The van der Waals surface area contributed by atoms with Crippen LogP contribution in [0.4, 0.5) is 0 Å². The Labute approximate surface area is 148 Å². The number of benzene rings is 1. The number of fused-ring (bicyclic) bond motifs is 1. The third-order valence-electron chi connectivity index (χ3n) is 3.92. The van der Waals surface area contributed by atoms with Gasteiger partial charge in [-0.15, -0.1) is 11.3 Å². The van der Waals surface area contributed by atoms with Crippen molar-refractivity contribution in [2.75, 3.05) is 0 Å². The molecule has 0 unspecified atom stereocenters. The maximum Gasteiger partial charge on any atom is 0.269 e. The van der Waals surface area contributed by atoms with Gasteiger partial charge in [0.05, 0.1) is 10.6 Å². The highest BCUT2D eigenvalue weighted by molar-refractivity contribution is 7.90. The van der Waals surface area contributed by atoms with Crippen LogP contribution in [0.2, 0.25) is 0 Å². The third kappa shape index (κ3) is 2.66. The zero-order chi connectivity index (χ0) is 17.4. The number of aromatic nitrogens is 2. The van der Waals surface area contributed by atoms with Crippen LogP contribution in [0, 0.1) is 0 Å². The second-order valence-electron chi connectivity index (χ2n) is 5.49. The smallest absolute Gasteiger partial charge is 0.269 e. The zero-order valence-electron chi connectivity index (χ0n) is 13.0. The summed E-state index contributed by atoms with van der Waals surface area (Å²) in [5, 5.41) is 13.3. The summed E-state index contributed by atoms with van der Waals surface area (Å²) in [6, 6.07) is 17.0. The largest absolute Gasteiger partial charge is 0.381 e. The molecule has 0 radical (unpaired) electrons. The van der Waals surface area contributed by atoms with Crippen LogP contribution in [0.25, 0.3) is 11.0 Å². The van der Waals surface area contributed by atoms with E-state index in [0.29, 0.717) is 15.9 Å². The summed E-state index contributed by atoms with van der Waals surface area (Å²) in [5.41, 5.74) is 0.581. The average molecular weight is 370 g/mol. The van der Waals surface area contributed by atoms with E-state index in [9.17, 15) is 13.5 Å². The van der Waals surface area contributed by atoms with Crippen LogP contribution in [0.1, 0.15) is 16.7 Å². The number of aliphatic hydroxyl groups is 1. The first-order valence-electron chi connectivity index (χ1n) is 7.57. The van der Waals surface area contributed by atoms with Crippen LogP contribution >= 0.6 is 11.3 Å². The lowest BCUT2D eigenvalue weighted by atomic mass is 10.2. The minimum absolute atomic E-state index is 0.151. The molecular formula is C18H14N2O3S2. The maximum absolute atomic E-state index is 13.2. The summed E-state index contributed by atoms with van der Waals surface area (Å²) in [7, 11) is -3.89. The molecule has 7 heteroatoms. The van der Waals surface area contributed by atoms with Crippen molar-refractivity contribution in [3.63, 3.8) is 0 Å². The Bertz CT molecular complexity index is 1120. The van der Waals surface area contributed by atoms with Crippen LogP contribution < -0.4 is 0 Å². The molecular weight excluding hydrogens is 356 g/mol. The van der Waals surface area contributed by atoms with Crippen molar-refractivity contribution in [1.29, 1.82) is 0 Å². The molecule has 0 amide bonds. The van der Waals surface area contributed by atoms with Gasteiger partial charge in [-0.2, -0.15) is 0 Å². The summed E-state index contributed by atoms with van der Waals surface area (Å²) in [6.45, 7) is 0. The number of hydrogen-bond donors (Lipinski definition) is 1. The van der Waals surface area contributed by atoms with E-state index in [1.165, 1.54) is 23.5 Å². The first-order valence-corrected chi connectivity index (χ1v) is 9.89. The van der Waals surface area contributed by atoms with Gasteiger partial charge < -0.3 is 5.11 Å². The minimum atomic E-state index is -3.89. The summed E-state index contributed by atoms with van der Waals surface area (Å²) in [5.74, 6) is 0. The minimum Gasteiger partial charge on any atom is -0.381 e. The van der Waals surface area contributed by atoms with Crippen LogP contribution in [0.5, 0.6) is 0 Å². The van der Waals surface area contributed by atoms with Gasteiger partial charge in [0.2, 0.25) is 0 Å². The molecule has 3 heterocycles. The van der Waals surface area contributed by atoms with Crippen molar-refractivity contribution in [2.45, 2.75) is 11.0 Å². The van der Waals surface area contributed by atoms with Crippen LogP contribution in [-0.2, 0) is 10.0 Å². The van der Waals surface area contributed by atoms with Crippen molar-refractivity contribution in [3.8, 4) is 0 Å². The van der Waals surface area contributed by atoms with Crippen molar-refractivity contribution in [3.05, 3.63) is 82.8 Å². The fourth-order valence-electron chi connectivity index (χ4n) is 2.77. The monoisotopic (exact) mass is 370 g/mol. The van der Waals surface area contributed by atoms with Gasteiger partial charge in [0, 0.05) is 16.5 Å². The van der Waals surface area contributed by atoms with Gasteiger partial charge in [-0.25, -0.2) is 17.4 Å². The van der Waals surface area contributed by atoms with Gasteiger partial charge in [0.25, 0.3) is 10.0 Å². The molecule has 3 aromatic heterocycles. The molecule has 0 aliphatic rings. The lowest BCUT2D eigenvalue weighted by molar-refractivity contribution is 0.218. The number of rotatable bonds is 4. The Morgan fingerprint density at radius 1 is 1.04 bits per heavy atom. The average Bonchev–Trinajstić information content (AvgIpc) is 3.29. The molecule has 25 heavy (non-hydrogen) atoms. The fraction of sp³-hybridized carbons (Fsp3) is 0.0556. The molecule has 0 spiro atoms. The number of hydrogen-bond acceptors (Lipinski definition) is 5. The predicted octanol–water partition coefficient (Wildman–Crippen LogP) is 3.42. The van der Waals surface area contributed by atoms with Crippen LogP contribution in [0.15, 0.2) is 77.1 Å². The highest BCUT2D eigenvalue weighted by atomic mass is 32.2. The van der Waals surface area contributed by atoms with E-state index in [0.717, 1.165) is 3.97 Å². The Balaban J connectivity index is 2.01. The standard InChI is InChI=1S/C18H14N2O3S2/c21-17(16-9-5-11-24-16)15-12-13-6-4-10-19-18(13)20(15)25(22,23)14-7-2-1-3-8-14/h1-12,17,21H/t17-/m1/s1. The number of nitrogens with zero attached hydrogens (tertiary/aromatic N) is 2. The second kappa shape index (κ2) is 6.11. The molecule has 1 atom stereocenters. The second-order valence-corrected chi connectivity index (χ2v) is 8.25. The topological polar surface area (TPSA) is 72.2 Å². The van der Waals surface area contributed by atoms with Crippen molar-refractivity contribution in [1.82, 2.24) is 8.96 Å². The quantitative estimate of drug-likeness (QED) is 0.597. The van der Waals surface area contributed by atoms with Crippen molar-refractivity contribution < 1.29 is 13.5 Å². The van der Waals surface area contributed by atoms with Crippen LogP contribution in [-0.4, -0.2) is 22.5 Å². The Kier molecular flexibility index (Phi) is 3.91. The van der Waals surface area contributed by atoms with Crippen LogP contribution in [0.3, 0.4) is 0 Å². The van der Waals surface area contributed by atoms with E-state index < -0.39 is 16.1 Å². The van der Waals surface area contributed by atoms with Gasteiger partial charge >= 0.3 is 0 Å². The van der Waals surface area contributed by atoms with E-state index in [1.807, 2.05) is 11.4 Å². The summed E-state index contributed by atoms with van der Waals surface area (Å²) >= 11 is 1.37. The fourth-order valence-corrected chi connectivity index (χ4v) is 5.01. The molecule has 4 aromatic rings. The number of thiophene rings is 1. The molecule has 0 aliphatic carbocycles. The summed E-state index contributed by atoms with van der Waals surface area (Å²) in [6.07, 6.45) is 0.494. The Morgan fingerprint density at radius 3 is 2.56 bits per heavy atom. The van der Waals surface area contributed by atoms with Gasteiger partial charge in [0.1, 0.15) is 6.10 Å². The van der Waals surface area contributed by atoms with Crippen molar-refractivity contribution >= 4 is 32.4 Å². The lowest BCUT2D eigenvalue weighted by Gasteiger charge is -2.14. The number of pyridine rings is 1. The van der Waals surface area contributed by atoms with E-state index in [2.05, 4.69) is 4.98 Å². The first kappa shape index (κ1) is 16.0. The molecule has 0 aliphatic heterocycles. The SMILES string of the molecule is O=S(=O)(c1ccccc1)n1c([C@@H](O)c2cccs2)cc2cccnc21. The molecule has 126 valence electrons. The number of aliphatic hydroxyl groups excluding tert-OH is 1. The van der Waals surface area contributed by atoms with Gasteiger partial charge in [-0.3, -0.25) is 0 Å². The molecule has 0 bridgehead atoms. The predicted molar refractivity (Wildman–Crippen MR) is 97.1 cm³/mol. The molecule has 1 N–H and O–H groups in total. The zero-order valence-corrected chi connectivity index (χ0v) is 14.6. The normalized spacial score (nSPS) is 13.2. The third-order valence-corrected chi connectivity index (χ3v) is 6.58. The molecule has 1 aromatic carbocycles. The Morgan fingerprint density at radius 2 is 1.84 bits per heavy atom.